The van der Waals surface area contributed by atoms with Crippen LogP contribution in [0.25, 0.3) is 0 Å². The van der Waals surface area contributed by atoms with Crippen molar-refractivity contribution in [3.8, 4) is 5.75 Å². The molecule has 146 valence electrons. The second-order valence-electron chi connectivity index (χ2n) is 7.23. The minimum atomic E-state index is -0.717. The summed E-state index contributed by atoms with van der Waals surface area (Å²) in [6.07, 6.45) is 1.87. The third-order valence-corrected chi connectivity index (χ3v) is 4.65. The minimum Gasteiger partial charge on any atom is -0.503 e. The molecule has 2 aromatic rings. The standard InChI is InChI=1S/C22H24N2O4/c1-14(2)11-18(25)19-20(17-9-4-5-10-23-17)24(22(27)21(19)26)13-15-7-6-8-16(12-15)28-3/h4-10,12,14,20,26H,11,13H2,1-3H3. The number of ether oxygens (including phenoxy) is 1. The van der Waals surface area contributed by atoms with Gasteiger partial charge in [-0.15, -0.1) is 0 Å². The van der Waals surface area contributed by atoms with Crippen LogP contribution in [-0.4, -0.2) is 33.8 Å². The number of aliphatic hydroxyl groups excluding tert-OH is 1. The van der Waals surface area contributed by atoms with E-state index in [1.165, 1.54) is 4.90 Å². The maximum atomic E-state index is 12.9. The van der Waals surface area contributed by atoms with E-state index in [9.17, 15) is 14.7 Å². The first kappa shape index (κ1) is 19.6. The van der Waals surface area contributed by atoms with Crippen LogP contribution in [0, 0.1) is 5.92 Å². The van der Waals surface area contributed by atoms with E-state index in [-0.39, 0.29) is 30.2 Å². The molecule has 1 aromatic carbocycles. The molecule has 1 amide bonds. The van der Waals surface area contributed by atoms with Gasteiger partial charge in [-0.3, -0.25) is 14.6 Å². The summed E-state index contributed by atoms with van der Waals surface area (Å²) in [5.74, 6) is -0.494. The van der Waals surface area contributed by atoms with Crippen molar-refractivity contribution in [3.05, 3.63) is 71.3 Å². The molecule has 1 N–H and O–H groups in total. The van der Waals surface area contributed by atoms with E-state index in [1.54, 1.807) is 31.5 Å². The molecule has 6 nitrogen and oxygen atoms in total. The number of aromatic nitrogens is 1. The lowest BCUT2D eigenvalue weighted by Gasteiger charge is -2.26. The first-order chi connectivity index (χ1) is 13.4. The summed E-state index contributed by atoms with van der Waals surface area (Å²) in [6.45, 7) is 4.08. The molecule has 1 aliphatic rings. The van der Waals surface area contributed by atoms with Crippen LogP contribution in [0.15, 0.2) is 60.0 Å². The number of carbonyl (C=O) groups excluding carboxylic acids is 2. The molecule has 28 heavy (non-hydrogen) atoms. The Bertz CT molecular complexity index is 906. The Morgan fingerprint density at radius 1 is 1.25 bits per heavy atom. The van der Waals surface area contributed by atoms with Gasteiger partial charge in [-0.1, -0.05) is 32.0 Å². The number of pyridine rings is 1. The highest BCUT2D eigenvalue weighted by molar-refractivity contribution is 6.08. The number of ketones is 1. The normalized spacial score (nSPS) is 16.8. The van der Waals surface area contributed by atoms with Crippen LogP contribution in [0.1, 0.15) is 37.6 Å². The largest absolute Gasteiger partial charge is 0.503 e. The number of nitrogens with zero attached hydrogens (tertiary/aromatic N) is 2. The van der Waals surface area contributed by atoms with Crippen molar-refractivity contribution in [1.29, 1.82) is 0 Å². The topological polar surface area (TPSA) is 79.7 Å². The monoisotopic (exact) mass is 380 g/mol. The molecule has 0 radical (unpaired) electrons. The van der Waals surface area contributed by atoms with Crippen LogP contribution in [-0.2, 0) is 16.1 Å². The second-order valence-corrected chi connectivity index (χ2v) is 7.23. The Morgan fingerprint density at radius 2 is 2.04 bits per heavy atom. The van der Waals surface area contributed by atoms with Crippen molar-refractivity contribution in [3.63, 3.8) is 0 Å². The van der Waals surface area contributed by atoms with E-state index in [0.29, 0.717) is 11.4 Å². The summed E-state index contributed by atoms with van der Waals surface area (Å²) in [7, 11) is 1.58. The van der Waals surface area contributed by atoms with Gasteiger partial charge >= 0.3 is 0 Å². The molecule has 1 atom stereocenters. The molecular weight excluding hydrogens is 356 g/mol. The zero-order valence-corrected chi connectivity index (χ0v) is 16.3. The van der Waals surface area contributed by atoms with Crippen molar-refractivity contribution < 1.29 is 19.4 Å². The number of hydrogen-bond acceptors (Lipinski definition) is 5. The van der Waals surface area contributed by atoms with Crippen LogP contribution >= 0.6 is 0 Å². The van der Waals surface area contributed by atoms with E-state index in [1.807, 2.05) is 38.1 Å². The maximum absolute atomic E-state index is 12.9. The molecule has 0 saturated heterocycles. The zero-order chi connectivity index (χ0) is 20.3. The molecule has 0 spiro atoms. The Hall–Kier alpha value is -3.15. The van der Waals surface area contributed by atoms with Crippen molar-refractivity contribution in [2.24, 2.45) is 5.92 Å². The molecule has 6 heteroatoms. The minimum absolute atomic E-state index is 0.111. The van der Waals surface area contributed by atoms with Gasteiger partial charge in [0.25, 0.3) is 5.91 Å². The number of hydrogen-bond donors (Lipinski definition) is 1. The van der Waals surface area contributed by atoms with Crippen molar-refractivity contribution in [2.45, 2.75) is 32.9 Å². The molecule has 0 bridgehead atoms. The summed E-state index contributed by atoms with van der Waals surface area (Å²) >= 11 is 0. The predicted octanol–water partition coefficient (Wildman–Crippen LogP) is 3.60. The van der Waals surface area contributed by atoms with Crippen LogP contribution in [0.4, 0.5) is 0 Å². The van der Waals surface area contributed by atoms with Crippen LogP contribution in [0.3, 0.4) is 0 Å². The lowest BCUT2D eigenvalue weighted by molar-refractivity contribution is -0.130. The van der Waals surface area contributed by atoms with Crippen LogP contribution < -0.4 is 4.74 Å². The van der Waals surface area contributed by atoms with Gasteiger partial charge in [0, 0.05) is 19.2 Å². The second kappa shape index (κ2) is 8.25. The Balaban J connectivity index is 2.01. The van der Waals surface area contributed by atoms with Gasteiger partial charge in [0.15, 0.2) is 11.5 Å². The van der Waals surface area contributed by atoms with E-state index < -0.39 is 17.7 Å². The average Bonchev–Trinajstić information content (AvgIpc) is 2.93. The molecule has 1 aliphatic heterocycles. The fraction of sp³-hybridized carbons (Fsp3) is 0.318. The van der Waals surface area contributed by atoms with Crippen LogP contribution in [0.2, 0.25) is 0 Å². The summed E-state index contributed by atoms with van der Waals surface area (Å²) in [5, 5.41) is 10.5. The molecular formula is C22H24N2O4. The van der Waals surface area contributed by atoms with Crippen molar-refractivity contribution in [2.75, 3.05) is 7.11 Å². The number of carbonyl (C=O) groups is 2. The lowest BCUT2D eigenvalue weighted by atomic mass is 9.94. The van der Waals surface area contributed by atoms with Crippen molar-refractivity contribution >= 4 is 11.7 Å². The first-order valence-corrected chi connectivity index (χ1v) is 9.23. The van der Waals surface area contributed by atoms with Crippen LogP contribution in [0.5, 0.6) is 5.75 Å². The fourth-order valence-corrected chi connectivity index (χ4v) is 3.39. The highest BCUT2D eigenvalue weighted by Gasteiger charge is 2.44. The number of methoxy groups -OCH3 is 1. The summed E-state index contributed by atoms with van der Waals surface area (Å²) in [6, 6.07) is 12.0. The molecule has 0 aliphatic carbocycles. The Kier molecular flexibility index (Phi) is 5.78. The highest BCUT2D eigenvalue weighted by Crippen LogP contribution is 2.38. The van der Waals surface area contributed by atoms with E-state index in [2.05, 4.69) is 4.98 Å². The molecule has 1 aromatic heterocycles. The third-order valence-electron chi connectivity index (χ3n) is 4.65. The number of rotatable bonds is 7. The summed E-state index contributed by atoms with van der Waals surface area (Å²) in [5.41, 5.74) is 1.51. The lowest BCUT2D eigenvalue weighted by Crippen LogP contribution is -2.31. The number of aliphatic hydroxyl groups is 1. The van der Waals surface area contributed by atoms with Gasteiger partial charge in [0.1, 0.15) is 11.8 Å². The molecule has 1 unspecified atom stereocenters. The molecule has 0 saturated carbocycles. The Morgan fingerprint density at radius 3 is 2.68 bits per heavy atom. The number of amides is 1. The number of Topliss-reactive ketones (excluding diaryl/α,β-unsaturated/α-hetero) is 1. The molecule has 3 rings (SSSR count). The molecule has 0 fully saturated rings. The van der Waals surface area contributed by atoms with Gasteiger partial charge in [-0.05, 0) is 35.7 Å². The SMILES string of the molecule is COc1cccc(CN2C(=O)C(O)=C(C(=O)CC(C)C)C2c2ccccn2)c1. The summed E-state index contributed by atoms with van der Waals surface area (Å²) < 4.78 is 5.25. The smallest absolute Gasteiger partial charge is 0.290 e. The van der Waals surface area contributed by atoms with E-state index in [0.717, 1.165) is 5.56 Å². The molecule has 2 heterocycles. The fourth-order valence-electron chi connectivity index (χ4n) is 3.39. The average molecular weight is 380 g/mol. The van der Waals surface area contributed by atoms with E-state index in [4.69, 9.17) is 4.74 Å². The quantitative estimate of drug-likeness (QED) is 0.794. The Labute approximate surface area is 164 Å². The highest BCUT2D eigenvalue weighted by atomic mass is 16.5. The van der Waals surface area contributed by atoms with Gasteiger partial charge in [0.05, 0.1) is 18.4 Å². The van der Waals surface area contributed by atoms with Gasteiger partial charge < -0.3 is 14.7 Å². The van der Waals surface area contributed by atoms with Gasteiger partial charge in [-0.2, -0.15) is 0 Å². The van der Waals surface area contributed by atoms with Gasteiger partial charge in [-0.25, -0.2) is 0 Å². The maximum Gasteiger partial charge on any atom is 0.290 e. The first-order valence-electron chi connectivity index (χ1n) is 9.23. The van der Waals surface area contributed by atoms with Gasteiger partial charge in [0.2, 0.25) is 0 Å². The summed E-state index contributed by atoms with van der Waals surface area (Å²) in [4.78, 5) is 31.5. The predicted molar refractivity (Wildman–Crippen MR) is 105 cm³/mol. The number of benzene rings is 1. The third kappa shape index (κ3) is 3.91. The van der Waals surface area contributed by atoms with Crippen molar-refractivity contribution in [1.82, 2.24) is 9.88 Å². The zero-order valence-electron chi connectivity index (χ0n) is 16.3. The van der Waals surface area contributed by atoms with E-state index >= 15 is 0 Å².